The van der Waals surface area contributed by atoms with Crippen LogP contribution in [0.2, 0.25) is 0 Å². The fourth-order valence-corrected chi connectivity index (χ4v) is 3.92. The zero-order chi connectivity index (χ0) is 28.6. The van der Waals surface area contributed by atoms with Crippen molar-refractivity contribution in [3.8, 4) is 24.8 Å². The molecule has 7 heteroatoms. The SMILES string of the molecule is C#Cc1ccc(C(C(=O)Nc2c(C)cccc2C)N(C#C)C(=O)C(NC(=O)OC(C)(C)C)C(C)CC)cc1. The number of ether oxygens (including phenoxy) is 1. The highest BCUT2D eigenvalue weighted by Crippen LogP contribution is 2.28. The van der Waals surface area contributed by atoms with Crippen LogP contribution in [-0.4, -0.2) is 34.5 Å². The number of nitrogens with zero attached hydrogens (tertiary/aromatic N) is 1. The molecule has 2 rings (SSSR count). The van der Waals surface area contributed by atoms with Crippen LogP contribution in [-0.2, 0) is 14.3 Å². The van der Waals surface area contributed by atoms with E-state index in [1.807, 2.05) is 45.9 Å². The van der Waals surface area contributed by atoms with E-state index in [2.05, 4.69) is 22.6 Å². The maximum atomic E-state index is 13.9. The van der Waals surface area contributed by atoms with Gasteiger partial charge in [-0.3, -0.25) is 14.5 Å². The lowest BCUT2D eigenvalue weighted by Crippen LogP contribution is -2.53. The Bertz CT molecular complexity index is 1230. The first-order valence-corrected chi connectivity index (χ1v) is 12.5. The molecule has 0 spiro atoms. The van der Waals surface area contributed by atoms with Crippen LogP contribution < -0.4 is 10.6 Å². The number of nitrogens with one attached hydrogen (secondary N) is 2. The Morgan fingerprint density at radius 3 is 2.08 bits per heavy atom. The molecule has 0 aromatic heterocycles. The lowest BCUT2D eigenvalue weighted by molar-refractivity contribution is -0.137. The van der Waals surface area contributed by atoms with Crippen LogP contribution in [0, 0.1) is 44.6 Å². The van der Waals surface area contributed by atoms with Crippen LogP contribution in [0.5, 0.6) is 0 Å². The molecule has 200 valence electrons. The van der Waals surface area contributed by atoms with E-state index in [-0.39, 0.29) is 5.92 Å². The molecule has 0 aliphatic rings. The fraction of sp³-hybridized carbons (Fsp3) is 0.387. The van der Waals surface area contributed by atoms with E-state index < -0.39 is 35.6 Å². The van der Waals surface area contributed by atoms with Gasteiger partial charge in [-0.15, -0.1) is 6.42 Å². The van der Waals surface area contributed by atoms with Crippen molar-refractivity contribution in [2.45, 2.75) is 72.6 Å². The quantitative estimate of drug-likeness (QED) is 0.368. The average Bonchev–Trinajstić information content (AvgIpc) is 2.86. The van der Waals surface area contributed by atoms with E-state index in [9.17, 15) is 14.4 Å². The van der Waals surface area contributed by atoms with Crippen molar-refractivity contribution in [2.24, 2.45) is 5.92 Å². The van der Waals surface area contributed by atoms with E-state index in [1.54, 1.807) is 45.0 Å². The molecule has 3 amide bonds. The Morgan fingerprint density at radius 2 is 1.61 bits per heavy atom. The molecule has 3 unspecified atom stereocenters. The average molecular weight is 516 g/mol. The van der Waals surface area contributed by atoms with Crippen molar-refractivity contribution in [1.29, 1.82) is 0 Å². The second kappa shape index (κ2) is 12.8. The Balaban J connectivity index is 2.54. The first kappa shape index (κ1) is 30.0. The fourth-order valence-electron chi connectivity index (χ4n) is 3.92. The zero-order valence-electron chi connectivity index (χ0n) is 23.2. The third-order valence-electron chi connectivity index (χ3n) is 6.16. The summed E-state index contributed by atoms with van der Waals surface area (Å²) in [7, 11) is 0. The number of anilines is 1. The van der Waals surface area contributed by atoms with Gasteiger partial charge >= 0.3 is 6.09 Å². The molecular formula is C31H37N3O4. The second-order valence-electron chi connectivity index (χ2n) is 10.3. The molecule has 0 bridgehead atoms. The van der Waals surface area contributed by atoms with E-state index in [0.717, 1.165) is 16.0 Å². The third-order valence-corrected chi connectivity index (χ3v) is 6.16. The predicted octanol–water partition coefficient (Wildman–Crippen LogP) is 5.32. The molecule has 3 atom stereocenters. The van der Waals surface area contributed by atoms with Crippen LogP contribution in [0.3, 0.4) is 0 Å². The van der Waals surface area contributed by atoms with Gasteiger partial charge in [0.25, 0.3) is 11.8 Å². The van der Waals surface area contributed by atoms with Gasteiger partial charge in [0.15, 0.2) is 0 Å². The number of para-hydroxylation sites is 1. The van der Waals surface area contributed by atoms with Gasteiger partial charge in [-0.25, -0.2) is 4.79 Å². The second-order valence-corrected chi connectivity index (χ2v) is 10.3. The molecule has 7 nitrogen and oxygen atoms in total. The maximum absolute atomic E-state index is 13.9. The maximum Gasteiger partial charge on any atom is 0.408 e. The lowest BCUT2D eigenvalue weighted by Gasteiger charge is -2.32. The Kier molecular flexibility index (Phi) is 10.1. The number of benzene rings is 2. The number of rotatable bonds is 8. The standard InChI is InChI=1S/C31H37N3O4/c1-10-20(4)26(33-30(37)38-31(7,8)9)29(36)34(12-3)27(24-18-16-23(11-2)17-19-24)28(35)32-25-21(5)14-13-15-22(25)6/h2-3,13-20,26-27H,10H2,1,4-9H3,(H,32,35)(H,33,37). The summed E-state index contributed by atoms with van der Waals surface area (Å²) >= 11 is 0. The largest absolute Gasteiger partial charge is 0.444 e. The zero-order valence-corrected chi connectivity index (χ0v) is 23.2. The van der Waals surface area contributed by atoms with Crippen LogP contribution in [0.4, 0.5) is 10.5 Å². The summed E-state index contributed by atoms with van der Waals surface area (Å²) in [5.74, 6) is 1.15. The minimum atomic E-state index is -1.19. The minimum absolute atomic E-state index is 0.294. The van der Waals surface area contributed by atoms with Crippen LogP contribution >= 0.6 is 0 Å². The highest BCUT2D eigenvalue weighted by Gasteiger charge is 2.38. The molecular weight excluding hydrogens is 478 g/mol. The number of terminal acetylenes is 2. The molecule has 38 heavy (non-hydrogen) atoms. The number of amides is 3. The minimum Gasteiger partial charge on any atom is -0.444 e. The van der Waals surface area contributed by atoms with Gasteiger partial charge in [0.2, 0.25) is 0 Å². The van der Waals surface area contributed by atoms with Crippen molar-refractivity contribution in [2.75, 3.05) is 5.32 Å². The molecule has 0 heterocycles. The van der Waals surface area contributed by atoms with Gasteiger partial charge in [0, 0.05) is 17.3 Å². The van der Waals surface area contributed by atoms with Gasteiger partial charge in [0.1, 0.15) is 17.7 Å². The highest BCUT2D eigenvalue weighted by molar-refractivity contribution is 6.00. The van der Waals surface area contributed by atoms with Crippen molar-refractivity contribution >= 4 is 23.6 Å². The number of hydrogen-bond acceptors (Lipinski definition) is 4. The van der Waals surface area contributed by atoms with Crippen molar-refractivity contribution in [1.82, 2.24) is 10.2 Å². The van der Waals surface area contributed by atoms with Gasteiger partial charge in [-0.05, 0) is 69.4 Å². The van der Waals surface area contributed by atoms with Crippen LogP contribution in [0.25, 0.3) is 0 Å². The van der Waals surface area contributed by atoms with Gasteiger partial charge in [-0.1, -0.05) is 62.9 Å². The molecule has 2 aromatic carbocycles. The smallest absolute Gasteiger partial charge is 0.408 e. The number of alkyl carbamates (subject to hydrolysis) is 1. The van der Waals surface area contributed by atoms with E-state index in [0.29, 0.717) is 23.2 Å². The molecule has 0 aliphatic heterocycles. The van der Waals surface area contributed by atoms with Crippen LogP contribution in [0.15, 0.2) is 42.5 Å². The summed E-state index contributed by atoms with van der Waals surface area (Å²) in [4.78, 5) is 41.3. The first-order chi connectivity index (χ1) is 17.8. The molecule has 0 saturated carbocycles. The topological polar surface area (TPSA) is 87.7 Å². The molecule has 0 fully saturated rings. The molecule has 0 saturated heterocycles. The summed E-state index contributed by atoms with van der Waals surface area (Å²) in [6.45, 7) is 12.7. The van der Waals surface area contributed by atoms with Crippen LogP contribution in [0.1, 0.15) is 69.3 Å². The van der Waals surface area contributed by atoms with Crippen molar-refractivity contribution in [3.63, 3.8) is 0 Å². The Hall–Kier alpha value is -4.23. The van der Waals surface area contributed by atoms with Crippen molar-refractivity contribution in [3.05, 3.63) is 64.7 Å². The molecule has 0 radical (unpaired) electrons. The summed E-state index contributed by atoms with van der Waals surface area (Å²) in [5.41, 5.74) is 2.69. The number of aryl methyl sites for hydroxylation is 2. The van der Waals surface area contributed by atoms with Gasteiger partial charge in [-0.2, -0.15) is 0 Å². The Morgan fingerprint density at radius 1 is 1.03 bits per heavy atom. The Labute approximate surface area is 226 Å². The third kappa shape index (κ3) is 7.63. The van der Waals surface area contributed by atoms with E-state index in [1.165, 1.54) is 0 Å². The molecule has 2 N–H and O–H groups in total. The number of carbonyl (C=O) groups is 3. The highest BCUT2D eigenvalue weighted by atomic mass is 16.6. The monoisotopic (exact) mass is 515 g/mol. The lowest BCUT2D eigenvalue weighted by atomic mass is 9.95. The molecule has 0 aliphatic carbocycles. The number of hydrogen-bond donors (Lipinski definition) is 2. The molecule has 2 aromatic rings. The first-order valence-electron chi connectivity index (χ1n) is 12.5. The summed E-state index contributed by atoms with van der Waals surface area (Å²) in [6.07, 6.45) is 11.2. The summed E-state index contributed by atoms with van der Waals surface area (Å²) in [6, 6.07) is 12.5. The van der Waals surface area contributed by atoms with E-state index in [4.69, 9.17) is 17.6 Å². The summed E-state index contributed by atoms with van der Waals surface area (Å²) < 4.78 is 5.38. The predicted molar refractivity (Wildman–Crippen MR) is 150 cm³/mol. The van der Waals surface area contributed by atoms with Crippen molar-refractivity contribution < 1.29 is 19.1 Å². The van der Waals surface area contributed by atoms with Gasteiger partial charge in [0.05, 0.1) is 0 Å². The van der Waals surface area contributed by atoms with E-state index >= 15 is 0 Å². The summed E-state index contributed by atoms with van der Waals surface area (Å²) in [5, 5.41) is 5.61. The number of carbonyl (C=O) groups excluding carboxylic acids is 3. The normalized spacial score (nSPS) is 13.2. The van der Waals surface area contributed by atoms with Gasteiger partial charge < -0.3 is 15.4 Å².